The topological polar surface area (TPSA) is 25.4 Å². The summed E-state index contributed by atoms with van der Waals surface area (Å²) in [5.41, 5.74) is 1.02. The van der Waals surface area contributed by atoms with Gasteiger partial charge in [0.2, 0.25) is 5.88 Å². The minimum absolute atomic E-state index is 0. The maximum atomic E-state index is 6.14. The van der Waals surface area contributed by atoms with Crippen LogP contribution in [0, 0.1) is 13.3 Å². The van der Waals surface area contributed by atoms with Crippen molar-refractivity contribution in [2.45, 2.75) is 18.9 Å². The van der Waals surface area contributed by atoms with Crippen LogP contribution in [0.3, 0.4) is 0 Å². The second kappa shape index (κ2) is 6.83. The van der Waals surface area contributed by atoms with Crippen molar-refractivity contribution in [3.05, 3.63) is 43.8 Å². The number of ether oxygens (including phenoxy) is 1. The third-order valence-electron chi connectivity index (χ3n) is 4.44. The molecule has 0 amide bonds. The summed E-state index contributed by atoms with van der Waals surface area (Å²) in [6, 6.07) is 12.3. The van der Waals surface area contributed by atoms with Gasteiger partial charge in [-0.1, -0.05) is 18.2 Å². The van der Waals surface area contributed by atoms with Crippen LogP contribution in [-0.4, -0.2) is 35.6 Å². The average molecular weight is 396 g/mol. The number of para-hydroxylation sites is 1. The third kappa shape index (κ3) is 3.26. The van der Waals surface area contributed by atoms with Crippen LogP contribution in [0.4, 0.5) is 0 Å². The van der Waals surface area contributed by atoms with Gasteiger partial charge in [-0.3, -0.25) is 4.90 Å². The molecule has 0 radical (unpaired) electrons. The largest absolute Gasteiger partial charge is 1.00 e. The first-order valence-electron chi connectivity index (χ1n) is 7.13. The van der Waals surface area contributed by atoms with Crippen molar-refractivity contribution >= 4 is 10.9 Å². The van der Waals surface area contributed by atoms with Crippen molar-refractivity contribution in [3.63, 3.8) is 0 Å². The van der Waals surface area contributed by atoms with E-state index in [-0.39, 0.29) is 31.4 Å². The molecule has 0 aliphatic carbocycles. The van der Waals surface area contributed by atoms with Gasteiger partial charge in [0, 0.05) is 25.4 Å². The maximum Gasteiger partial charge on any atom is 0.214 e. The van der Waals surface area contributed by atoms with Gasteiger partial charge in [0.25, 0.3) is 0 Å². The van der Waals surface area contributed by atoms with Gasteiger partial charge in [-0.15, -0.1) is 0 Å². The predicted octanol–water partition coefficient (Wildman–Crippen LogP) is 0.162. The highest BCUT2D eigenvalue weighted by Gasteiger charge is 2.35. The zero-order valence-electron chi connectivity index (χ0n) is 12.3. The summed E-state index contributed by atoms with van der Waals surface area (Å²) in [7, 11) is 0. The first-order valence-corrected chi connectivity index (χ1v) is 7.13. The lowest BCUT2D eigenvalue weighted by atomic mass is 9.86. The van der Waals surface area contributed by atoms with Crippen molar-refractivity contribution in [3.8, 4) is 5.88 Å². The van der Waals surface area contributed by atoms with E-state index < -0.39 is 0 Å². The van der Waals surface area contributed by atoms with E-state index in [1.165, 1.54) is 31.3 Å². The number of rotatable bonds is 2. The lowest BCUT2D eigenvalue weighted by Crippen LogP contribution is -3.00. The summed E-state index contributed by atoms with van der Waals surface area (Å²) >= 11 is 0. The van der Waals surface area contributed by atoms with Crippen LogP contribution in [0.15, 0.2) is 36.4 Å². The fourth-order valence-electron chi connectivity index (χ4n) is 3.31. The van der Waals surface area contributed by atoms with Gasteiger partial charge < -0.3 is 28.7 Å². The van der Waals surface area contributed by atoms with Crippen molar-refractivity contribution in [1.29, 1.82) is 0 Å². The summed E-state index contributed by atoms with van der Waals surface area (Å²) < 4.78 is 6.14. The molecule has 4 heterocycles. The van der Waals surface area contributed by atoms with E-state index in [0.29, 0.717) is 6.10 Å². The highest BCUT2D eigenvalue weighted by Crippen LogP contribution is 2.30. The van der Waals surface area contributed by atoms with Crippen LogP contribution in [0.1, 0.15) is 12.8 Å². The van der Waals surface area contributed by atoms with E-state index in [1.54, 1.807) is 0 Å². The molecule has 1 unspecified atom stereocenters. The van der Waals surface area contributed by atoms with E-state index >= 15 is 0 Å². The average Bonchev–Trinajstić information content (AvgIpc) is 2.48. The Kier molecular flexibility index (Phi) is 5.32. The Morgan fingerprint density at radius 2 is 1.81 bits per heavy atom. The predicted molar refractivity (Wildman–Crippen MR) is 81.7 cm³/mol. The number of hydrogen-bond acceptors (Lipinski definition) is 3. The standard InChI is InChI=1S/C16H18N2O.CH3.HI/c1-2-4-14-12(3-1)5-6-16(17-14)19-15-11-18-9-7-13(15)8-10-18;;/h1-6,13,15H,7-11H2;1H3;1H/q;+1;/p-1. The van der Waals surface area contributed by atoms with Crippen LogP contribution in [0.25, 0.3) is 10.9 Å². The Morgan fingerprint density at radius 3 is 2.52 bits per heavy atom. The third-order valence-corrected chi connectivity index (χ3v) is 4.44. The molecular formula is C17H21IN2O. The van der Waals surface area contributed by atoms with E-state index in [4.69, 9.17) is 4.74 Å². The van der Waals surface area contributed by atoms with Crippen molar-refractivity contribution < 1.29 is 28.7 Å². The Labute approximate surface area is 143 Å². The maximum absolute atomic E-state index is 6.14. The molecule has 0 N–H and O–H groups in total. The number of fused-ring (bicyclic) bond motifs is 4. The Balaban J connectivity index is 0.000000807. The molecule has 5 rings (SSSR count). The van der Waals surface area contributed by atoms with Crippen molar-refractivity contribution in [2.24, 2.45) is 5.92 Å². The van der Waals surface area contributed by atoms with Crippen LogP contribution < -0.4 is 28.7 Å². The molecule has 3 fully saturated rings. The summed E-state index contributed by atoms with van der Waals surface area (Å²) in [4.78, 5) is 7.12. The van der Waals surface area contributed by atoms with Gasteiger partial charge in [-0.05, 0) is 44.0 Å². The van der Waals surface area contributed by atoms with Gasteiger partial charge in [0.05, 0.1) is 5.52 Å². The number of piperidine rings is 3. The van der Waals surface area contributed by atoms with Gasteiger partial charge in [-0.25, -0.2) is 4.98 Å². The Bertz CT molecular complexity index is 596. The molecule has 2 aromatic rings. The molecule has 1 aromatic heterocycles. The Morgan fingerprint density at radius 1 is 1.05 bits per heavy atom. The molecule has 1 aromatic carbocycles. The molecule has 3 aliphatic heterocycles. The van der Waals surface area contributed by atoms with Crippen LogP contribution in [-0.2, 0) is 0 Å². The van der Waals surface area contributed by atoms with E-state index in [1.807, 2.05) is 24.3 Å². The molecule has 2 bridgehead atoms. The highest BCUT2D eigenvalue weighted by molar-refractivity contribution is 5.78. The monoisotopic (exact) mass is 396 g/mol. The number of halogens is 1. The molecule has 1 atom stereocenters. The van der Waals surface area contributed by atoms with Crippen LogP contribution >= 0.6 is 0 Å². The van der Waals surface area contributed by atoms with Crippen LogP contribution in [0.2, 0.25) is 0 Å². The van der Waals surface area contributed by atoms with Gasteiger partial charge in [0.1, 0.15) is 6.10 Å². The molecule has 0 spiro atoms. The number of benzene rings is 1. The lowest BCUT2D eigenvalue weighted by Gasteiger charge is -2.44. The van der Waals surface area contributed by atoms with Gasteiger partial charge in [0.15, 0.2) is 0 Å². The van der Waals surface area contributed by atoms with E-state index in [9.17, 15) is 0 Å². The highest BCUT2D eigenvalue weighted by atomic mass is 127. The minimum Gasteiger partial charge on any atom is -1.00 e. The molecule has 3 saturated heterocycles. The molecule has 3 nitrogen and oxygen atoms in total. The normalized spacial score (nSPS) is 26.8. The molecule has 4 heteroatoms. The first-order chi connectivity index (χ1) is 9.38. The van der Waals surface area contributed by atoms with E-state index in [0.717, 1.165) is 23.9 Å². The summed E-state index contributed by atoms with van der Waals surface area (Å²) in [5, 5.41) is 1.17. The number of aromatic nitrogens is 1. The van der Waals surface area contributed by atoms with Gasteiger partial charge >= 0.3 is 0 Å². The lowest BCUT2D eigenvalue weighted by molar-refractivity contribution is -0.00977. The minimum atomic E-state index is 0. The van der Waals surface area contributed by atoms with E-state index in [2.05, 4.69) is 22.0 Å². The number of hydrogen-bond donors (Lipinski definition) is 0. The summed E-state index contributed by atoms with van der Waals surface area (Å²) in [6.45, 7) is 3.56. The molecule has 0 saturated carbocycles. The molecule has 3 aliphatic rings. The number of nitrogens with zero attached hydrogens (tertiary/aromatic N) is 2. The zero-order chi connectivity index (χ0) is 12.7. The summed E-state index contributed by atoms with van der Waals surface area (Å²) in [5.74, 6) is 1.50. The number of pyridine rings is 1. The quantitative estimate of drug-likeness (QED) is 0.535. The fraction of sp³-hybridized carbons (Fsp3) is 0.412. The molecule has 21 heavy (non-hydrogen) atoms. The SMILES string of the molecule is [CH3+].[I-].c1ccc2nc(OC3CN4CCC3CC4)ccc2c1. The smallest absolute Gasteiger partial charge is 0.214 e. The first kappa shape index (κ1) is 16.4. The zero-order valence-corrected chi connectivity index (χ0v) is 14.5. The molecule has 112 valence electrons. The Hall–Kier alpha value is -1.01. The van der Waals surface area contributed by atoms with Crippen molar-refractivity contribution in [2.75, 3.05) is 19.6 Å². The summed E-state index contributed by atoms with van der Waals surface area (Å²) in [6.07, 6.45) is 2.88. The van der Waals surface area contributed by atoms with Crippen LogP contribution in [0.5, 0.6) is 5.88 Å². The second-order valence-electron chi connectivity index (χ2n) is 5.64. The van der Waals surface area contributed by atoms with Gasteiger partial charge in [-0.2, -0.15) is 0 Å². The van der Waals surface area contributed by atoms with Crippen molar-refractivity contribution in [1.82, 2.24) is 9.88 Å². The second-order valence-corrected chi connectivity index (χ2v) is 5.64. The fourth-order valence-corrected chi connectivity index (χ4v) is 3.31. The molecular weight excluding hydrogens is 375 g/mol.